The van der Waals surface area contributed by atoms with Gasteiger partial charge in [-0.1, -0.05) is 30.0 Å². The molecule has 0 saturated heterocycles. The first-order chi connectivity index (χ1) is 10.1. The van der Waals surface area contributed by atoms with Crippen LogP contribution in [-0.2, 0) is 9.53 Å². The second kappa shape index (κ2) is 7.08. The van der Waals surface area contributed by atoms with Crippen molar-refractivity contribution in [3.05, 3.63) is 42.1 Å². The van der Waals surface area contributed by atoms with Crippen LogP contribution in [0.1, 0.15) is 12.6 Å². The van der Waals surface area contributed by atoms with Crippen LogP contribution in [-0.4, -0.2) is 28.3 Å². The minimum Gasteiger partial charge on any atom is -0.468 e. The monoisotopic (exact) mass is 303 g/mol. The third-order valence-corrected chi connectivity index (χ3v) is 3.63. The average molecular weight is 303 g/mol. The molecule has 0 aliphatic rings. The van der Waals surface area contributed by atoms with Gasteiger partial charge in [-0.05, 0) is 26.0 Å². The van der Waals surface area contributed by atoms with Crippen LogP contribution in [0.3, 0.4) is 0 Å². The number of esters is 1. The minimum atomic E-state index is -0.346. The number of benzene rings is 1. The van der Waals surface area contributed by atoms with Crippen molar-refractivity contribution < 1.29 is 9.53 Å². The summed E-state index contributed by atoms with van der Waals surface area (Å²) in [5, 5.41) is 3.42. The van der Waals surface area contributed by atoms with Gasteiger partial charge in [0.15, 0.2) is 5.16 Å². The summed E-state index contributed by atoms with van der Waals surface area (Å²) in [5.74, 6) is 0.413. The van der Waals surface area contributed by atoms with Gasteiger partial charge >= 0.3 is 5.97 Å². The smallest absolute Gasteiger partial charge is 0.318 e. The molecule has 21 heavy (non-hydrogen) atoms. The molecule has 0 unspecified atom stereocenters. The molecule has 0 saturated carbocycles. The first kappa shape index (κ1) is 15.3. The number of carbonyl (C=O) groups is 1. The zero-order chi connectivity index (χ0) is 15.2. The Kier molecular flexibility index (Phi) is 5.16. The number of para-hydroxylation sites is 1. The lowest BCUT2D eigenvalue weighted by Crippen LogP contribution is -2.15. The highest BCUT2D eigenvalue weighted by Gasteiger charge is 2.16. The molecule has 1 heterocycles. The van der Waals surface area contributed by atoms with Gasteiger partial charge < -0.3 is 10.1 Å². The molecule has 6 heteroatoms. The van der Waals surface area contributed by atoms with Crippen molar-refractivity contribution >= 4 is 29.2 Å². The summed E-state index contributed by atoms with van der Waals surface area (Å²) < 4.78 is 4.71. The predicted molar refractivity (Wildman–Crippen MR) is 83.8 cm³/mol. The lowest BCUT2D eigenvalue weighted by atomic mass is 10.3. The van der Waals surface area contributed by atoms with Gasteiger partial charge in [0.25, 0.3) is 0 Å². The Morgan fingerprint density at radius 1 is 1.29 bits per heavy atom. The number of aromatic nitrogens is 2. The van der Waals surface area contributed by atoms with Crippen molar-refractivity contribution in [1.29, 1.82) is 0 Å². The first-order valence-electron chi connectivity index (χ1n) is 6.50. The molecule has 0 fully saturated rings. The SMILES string of the molecule is COC(=O)[C@H](C)Sc1nc(C)cc(Nc2ccccc2)n1. The van der Waals surface area contributed by atoms with Crippen LogP contribution in [0.4, 0.5) is 11.5 Å². The van der Waals surface area contributed by atoms with Gasteiger partial charge in [0.05, 0.1) is 7.11 Å². The first-order valence-corrected chi connectivity index (χ1v) is 7.38. The van der Waals surface area contributed by atoms with Crippen molar-refractivity contribution in [2.45, 2.75) is 24.3 Å². The van der Waals surface area contributed by atoms with E-state index < -0.39 is 0 Å². The summed E-state index contributed by atoms with van der Waals surface area (Å²) >= 11 is 1.28. The van der Waals surface area contributed by atoms with E-state index in [-0.39, 0.29) is 11.2 Å². The van der Waals surface area contributed by atoms with Crippen LogP contribution in [0.15, 0.2) is 41.6 Å². The van der Waals surface area contributed by atoms with Crippen LogP contribution in [0.2, 0.25) is 0 Å². The summed E-state index contributed by atoms with van der Waals surface area (Å²) in [6.07, 6.45) is 0. The van der Waals surface area contributed by atoms with Gasteiger partial charge in [-0.3, -0.25) is 4.79 Å². The molecule has 0 spiro atoms. The third-order valence-electron chi connectivity index (χ3n) is 2.70. The number of nitrogens with zero attached hydrogens (tertiary/aromatic N) is 2. The van der Waals surface area contributed by atoms with E-state index in [1.807, 2.05) is 43.3 Å². The standard InChI is InChI=1S/C15H17N3O2S/c1-10-9-13(17-12-7-5-4-6-8-12)18-15(16-10)21-11(2)14(19)20-3/h4-9,11H,1-3H3,(H,16,17,18)/t11-/m0/s1. The van der Waals surface area contributed by atoms with E-state index in [4.69, 9.17) is 4.74 Å². The Morgan fingerprint density at radius 3 is 2.67 bits per heavy atom. The molecule has 0 aliphatic heterocycles. The Hall–Kier alpha value is -2.08. The van der Waals surface area contributed by atoms with Gasteiger partial charge in [-0.15, -0.1) is 0 Å². The normalized spacial score (nSPS) is 11.8. The number of aryl methyl sites for hydroxylation is 1. The Labute approximate surface area is 128 Å². The number of hydrogen-bond acceptors (Lipinski definition) is 6. The van der Waals surface area contributed by atoms with Crippen LogP contribution < -0.4 is 5.32 Å². The maximum Gasteiger partial charge on any atom is 0.318 e. The summed E-state index contributed by atoms with van der Waals surface area (Å²) in [5.41, 5.74) is 1.79. The highest BCUT2D eigenvalue weighted by molar-refractivity contribution is 8.00. The van der Waals surface area contributed by atoms with E-state index in [0.29, 0.717) is 11.0 Å². The highest BCUT2D eigenvalue weighted by Crippen LogP contribution is 2.23. The maximum atomic E-state index is 11.5. The maximum absolute atomic E-state index is 11.5. The number of methoxy groups -OCH3 is 1. The number of nitrogens with one attached hydrogen (secondary N) is 1. The van der Waals surface area contributed by atoms with Crippen LogP contribution in [0, 0.1) is 6.92 Å². The second-order valence-corrected chi connectivity index (χ2v) is 5.76. The molecule has 1 N–H and O–H groups in total. The highest BCUT2D eigenvalue weighted by atomic mass is 32.2. The summed E-state index contributed by atoms with van der Waals surface area (Å²) in [6, 6.07) is 11.6. The molecule has 1 aromatic heterocycles. The second-order valence-electron chi connectivity index (χ2n) is 4.45. The van der Waals surface area contributed by atoms with E-state index in [0.717, 1.165) is 11.4 Å². The molecule has 0 aliphatic carbocycles. The van der Waals surface area contributed by atoms with Crippen molar-refractivity contribution in [3.63, 3.8) is 0 Å². The van der Waals surface area contributed by atoms with E-state index in [1.54, 1.807) is 6.92 Å². The number of anilines is 2. The third kappa shape index (κ3) is 4.46. The number of ether oxygens (including phenoxy) is 1. The van der Waals surface area contributed by atoms with Crippen molar-refractivity contribution in [2.24, 2.45) is 0 Å². The van der Waals surface area contributed by atoms with Crippen molar-refractivity contribution in [1.82, 2.24) is 9.97 Å². The molecule has 2 aromatic rings. The van der Waals surface area contributed by atoms with Crippen molar-refractivity contribution in [2.75, 3.05) is 12.4 Å². The predicted octanol–water partition coefficient (Wildman–Crippen LogP) is 3.18. The Morgan fingerprint density at radius 2 is 2.00 bits per heavy atom. The minimum absolute atomic E-state index is 0.289. The van der Waals surface area contributed by atoms with E-state index in [9.17, 15) is 4.79 Å². The Balaban J connectivity index is 2.15. The molecule has 2 rings (SSSR count). The molecule has 5 nitrogen and oxygen atoms in total. The van der Waals surface area contributed by atoms with Crippen molar-refractivity contribution in [3.8, 4) is 0 Å². The van der Waals surface area contributed by atoms with Crippen LogP contribution in [0.25, 0.3) is 0 Å². The van der Waals surface area contributed by atoms with Crippen LogP contribution in [0.5, 0.6) is 0 Å². The van der Waals surface area contributed by atoms with Gasteiger partial charge in [-0.2, -0.15) is 0 Å². The molecule has 110 valence electrons. The summed E-state index contributed by atoms with van der Waals surface area (Å²) in [6.45, 7) is 3.66. The fraction of sp³-hybridized carbons (Fsp3) is 0.267. The fourth-order valence-corrected chi connectivity index (χ4v) is 2.56. The lowest BCUT2D eigenvalue weighted by molar-refractivity contribution is -0.139. The topological polar surface area (TPSA) is 64.1 Å². The largest absolute Gasteiger partial charge is 0.468 e. The molecule has 0 amide bonds. The van der Waals surface area contributed by atoms with Crippen LogP contribution >= 0.6 is 11.8 Å². The molecular formula is C15H17N3O2S. The fourth-order valence-electron chi connectivity index (χ4n) is 1.70. The molecule has 1 atom stereocenters. The lowest BCUT2D eigenvalue weighted by Gasteiger charge is -2.10. The zero-order valence-corrected chi connectivity index (χ0v) is 13.0. The van der Waals surface area contributed by atoms with E-state index >= 15 is 0 Å². The van der Waals surface area contributed by atoms with E-state index in [1.165, 1.54) is 18.9 Å². The molecular weight excluding hydrogens is 286 g/mol. The van der Waals surface area contributed by atoms with Gasteiger partial charge in [-0.25, -0.2) is 9.97 Å². The number of thioether (sulfide) groups is 1. The average Bonchev–Trinajstić information content (AvgIpc) is 2.46. The number of hydrogen-bond donors (Lipinski definition) is 1. The van der Waals surface area contributed by atoms with Gasteiger partial charge in [0.1, 0.15) is 11.1 Å². The van der Waals surface area contributed by atoms with Gasteiger partial charge in [0, 0.05) is 17.4 Å². The van der Waals surface area contributed by atoms with E-state index in [2.05, 4.69) is 15.3 Å². The molecule has 0 bridgehead atoms. The zero-order valence-electron chi connectivity index (χ0n) is 12.2. The molecule has 1 aromatic carbocycles. The number of carbonyl (C=O) groups excluding carboxylic acids is 1. The summed E-state index contributed by atoms with van der Waals surface area (Å²) in [7, 11) is 1.37. The summed E-state index contributed by atoms with van der Waals surface area (Å²) in [4.78, 5) is 20.2. The quantitative estimate of drug-likeness (QED) is 0.520. The van der Waals surface area contributed by atoms with Gasteiger partial charge in [0.2, 0.25) is 0 Å². The number of rotatable bonds is 5. The molecule has 0 radical (unpaired) electrons. The Bertz CT molecular complexity index is 620.